The number of urea groups is 1. The van der Waals surface area contributed by atoms with Crippen molar-refractivity contribution in [1.29, 1.82) is 5.26 Å². The summed E-state index contributed by atoms with van der Waals surface area (Å²) in [6, 6.07) is 15.1. The van der Waals surface area contributed by atoms with E-state index in [2.05, 4.69) is 26.5 Å². The van der Waals surface area contributed by atoms with Crippen molar-refractivity contribution in [2.24, 2.45) is 0 Å². The minimum atomic E-state index is -0.164. The maximum atomic E-state index is 12.6. The number of piperazine rings is 1. The molecule has 1 aromatic heterocycles. The molecule has 0 spiro atoms. The normalized spacial score (nSPS) is 14.0. The van der Waals surface area contributed by atoms with Crippen molar-refractivity contribution in [1.82, 2.24) is 15.1 Å². The predicted octanol–water partition coefficient (Wildman–Crippen LogP) is 3.82. The van der Waals surface area contributed by atoms with Crippen LogP contribution in [0.4, 0.5) is 16.2 Å². The van der Waals surface area contributed by atoms with E-state index < -0.39 is 0 Å². The van der Waals surface area contributed by atoms with Crippen molar-refractivity contribution in [3.63, 3.8) is 0 Å². The number of anilines is 2. The Balaban J connectivity index is 1.48. The van der Waals surface area contributed by atoms with Gasteiger partial charge in [-0.05, 0) is 30.7 Å². The highest BCUT2D eigenvalue weighted by Gasteiger charge is 2.25. The molecule has 0 atom stereocenters. The Morgan fingerprint density at radius 1 is 1.14 bits per heavy atom. The van der Waals surface area contributed by atoms with Gasteiger partial charge in [0.05, 0.1) is 11.2 Å². The molecule has 0 unspecified atom stereocenters. The average molecular weight is 407 g/mol. The van der Waals surface area contributed by atoms with Crippen molar-refractivity contribution >= 4 is 39.9 Å². The van der Waals surface area contributed by atoms with Gasteiger partial charge in [-0.3, -0.25) is 0 Å². The zero-order valence-electron chi connectivity index (χ0n) is 15.9. The largest absolute Gasteiger partial charge is 0.365 e. The SMILES string of the molecule is Cc1ccc(NC(=O)N2CCN(c3c(C#N)nnc4ccccc34)CC2)cc1Cl. The van der Waals surface area contributed by atoms with Crippen LogP contribution in [-0.4, -0.2) is 47.3 Å². The lowest BCUT2D eigenvalue weighted by molar-refractivity contribution is 0.208. The molecular formula is C21H19ClN6O. The molecule has 0 saturated carbocycles. The number of halogens is 1. The van der Waals surface area contributed by atoms with Crippen LogP contribution in [0.2, 0.25) is 5.02 Å². The molecule has 0 aliphatic carbocycles. The Labute approximate surface area is 173 Å². The minimum Gasteiger partial charge on any atom is -0.365 e. The van der Waals surface area contributed by atoms with Gasteiger partial charge in [-0.15, -0.1) is 10.2 Å². The fourth-order valence-electron chi connectivity index (χ4n) is 3.44. The Hall–Kier alpha value is -3.37. The molecule has 1 saturated heterocycles. The maximum Gasteiger partial charge on any atom is 0.321 e. The second-order valence-corrected chi connectivity index (χ2v) is 7.30. The quantitative estimate of drug-likeness (QED) is 0.699. The standard InChI is InChI=1S/C21H19ClN6O/c1-14-6-7-15(12-17(14)22)24-21(29)28-10-8-27(9-11-28)20-16-4-2-3-5-18(16)25-26-19(20)13-23/h2-7,12H,8-11H2,1H3,(H,24,29). The fraction of sp³-hybridized carbons (Fsp3) is 0.238. The van der Waals surface area contributed by atoms with Crippen LogP contribution in [0.15, 0.2) is 42.5 Å². The molecule has 2 amide bonds. The number of amides is 2. The van der Waals surface area contributed by atoms with Crippen molar-refractivity contribution in [3.05, 3.63) is 58.7 Å². The number of nitriles is 1. The molecule has 2 heterocycles. The first-order chi connectivity index (χ1) is 14.1. The van der Waals surface area contributed by atoms with Crippen molar-refractivity contribution < 1.29 is 4.79 Å². The van der Waals surface area contributed by atoms with Crippen LogP contribution in [0.3, 0.4) is 0 Å². The molecule has 1 aliphatic heterocycles. The molecule has 2 aromatic carbocycles. The van der Waals surface area contributed by atoms with E-state index in [1.165, 1.54) is 0 Å². The number of benzene rings is 2. The molecular weight excluding hydrogens is 388 g/mol. The zero-order valence-corrected chi connectivity index (χ0v) is 16.6. The number of rotatable bonds is 2. The highest BCUT2D eigenvalue weighted by molar-refractivity contribution is 6.31. The van der Waals surface area contributed by atoms with E-state index >= 15 is 0 Å². The van der Waals surface area contributed by atoms with Crippen molar-refractivity contribution in [2.75, 3.05) is 36.4 Å². The van der Waals surface area contributed by atoms with E-state index in [1.54, 1.807) is 11.0 Å². The van der Waals surface area contributed by atoms with Gasteiger partial charge in [0, 0.05) is 42.3 Å². The lowest BCUT2D eigenvalue weighted by Crippen LogP contribution is -2.50. The second-order valence-electron chi connectivity index (χ2n) is 6.89. The van der Waals surface area contributed by atoms with E-state index in [-0.39, 0.29) is 6.03 Å². The van der Waals surface area contributed by atoms with E-state index in [0.717, 1.165) is 22.2 Å². The molecule has 1 N–H and O–H groups in total. The summed E-state index contributed by atoms with van der Waals surface area (Å²) in [5.74, 6) is 0. The van der Waals surface area contributed by atoms with Crippen molar-refractivity contribution in [2.45, 2.75) is 6.92 Å². The number of hydrogen-bond acceptors (Lipinski definition) is 5. The van der Waals surface area contributed by atoms with Gasteiger partial charge >= 0.3 is 6.03 Å². The molecule has 29 heavy (non-hydrogen) atoms. The molecule has 3 aromatic rings. The van der Waals surface area contributed by atoms with Gasteiger partial charge in [0.15, 0.2) is 5.69 Å². The summed E-state index contributed by atoms with van der Waals surface area (Å²) in [5.41, 5.74) is 3.46. The molecule has 0 bridgehead atoms. The smallest absolute Gasteiger partial charge is 0.321 e. The first kappa shape index (κ1) is 19.0. The molecule has 0 radical (unpaired) electrons. The molecule has 8 heteroatoms. The second kappa shape index (κ2) is 7.94. The van der Waals surface area contributed by atoms with Gasteiger partial charge in [-0.2, -0.15) is 5.26 Å². The van der Waals surface area contributed by atoms with Crippen LogP contribution in [0.1, 0.15) is 11.3 Å². The van der Waals surface area contributed by atoms with E-state index in [0.29, 0.717) is 42.6 Å². The Bertz CT molecular complexity index is 1120. The first-order valence-corrected chi connectivity index (χ1v) is 9.67. The van der Waals surface area contributed by atoms with Gasteiger partial charge in [-0.25, -0.2) is 4.79 Å². The van der Waals surface area contributed by atoms with E-state index in [9.17, 15) is 10.1 Å². The van der Waals surface area contributed by atoms with E-state index in [1.807, 2.05) is 43.3 Å². The van der Waals surface area contributed by atoms with Gasteiger partial charge < -0.3 is 15.1 Å². The van der Waals surface area contributed by atoms with Crippen LogP contribution < -0.4 is 10.2 Å². The lowest BCUT2D eigenvalue weighted by Gasteiger charge is -2.36. The van der Waals surface area contributed by atoms with Crippen LogP contribution in [-0.2, 0) is 0 Å². The molecule has 1 aliphatic rings. The highest BCUT2D eigenvalue weighted by atomic mass is 35.5. The third-order valence-electron chi connectivity index (χ3n) is 5.05. The van der Waals surface area contributed by atoms with Crippen LogP contribution in [0.25, 0.3) is 10.9 Å². The number of hydrogen-bond donors (Lipinski definition) is 1. The number of carbonyl (C=O) groups excluding carboxylic acids is 1. The summed E-state index contributed by atoms with van der Waals surface area (Å²) in [5, 5.41) is 22.1. The number of nitrogens with zero attached hydrogens (tertiary/aromatic N) is 5. The number of carbonyl (C=O) groups is 1. The van der Waals surface area contributed by atoms with Crippen LogP contribution in [0.5, 0.6) is 0 Å². The Morgan fingerprint density at radius 2 is 1.90 bits per heavy atom. The fourth-order valence-corrected chi connectivity index (χ4v) is 3.62. The molecule has 1 fully saturated rings. The van der Waals surface area contributed by atoms with Gasteiger partial charge in [0.1, 0.15) is 6.07 Å². The summed E-state index contributed by atoms with van der Waals surface area (Å²) in [7, 11) is 0. The van der Waals surface area contributed by atoms with Gasteiger partial charge in [0.2, 0.25) is 0 Å². The summed E-state index contributed by atoms with van der Waals surface area (Å²) >= 11 is 6.14. The highest BCUT2D eigenvalue weighted by Crippen LogP contribution is 2.29. The van der Waals surface area contributed by atoms with Crippen LogP contribution in [0, 0.1) is 18.3 Å². The summed E-state index contributed by atoms with van der Waals surface area (Å²) < 4.78 is 0. The number of nitrogens with one attached hydrogen (secondary N) is 1. The third kappa shape index (κ3) is 3.80. The number of aryl methyl sites for hydroxylation is 1. The third-order valence-corrected chi connectivity index (χ3v) is 5.46. The van der Waals surface area contributed by atoms with Gasteiger partial charge in [-0.1, -0.05) is 35.9 Å². The van der Waals surface area contributed by atoms with Crippen LogP contribution >= 0.6 is 11.6 Å². The molecule has 4 rings (SSSR count). The average Bonchev–Trinajstić information content (AvgIpc) is 2.75. The Morgan fingerprint density at radius 3 is 2.62 bits per heavy atom. The van der Waals surface area contributed by atoms with Crippen molar-refractivity contribution in [3.8, 4) is 6.07 Å². The molecule has 146 valence electrons. The monoisotopic (exact) mass is 406 g/mol. The maximum absolute atomic E-state index is 12.6. The van der Waals surface area contributed by atoms with E-state index in [4.69, 9.17) is 11.6 Å². The summed E-state index contributed by atoms with van der Waals surface area (Å²) in [6.07, 6.45) is 0. The number of fused-ring (bicyclic) bond motifs is 1. The topological polar surface area (TPSA) is 85.2 Å². The summed E-state index contributed by atoms with van der Waals surface area (Å²) in [4.78, 5) is 16.5. The number of aromatic nitrogens is 2. The first-order valence-electron chi connectivity index (χ1n) is 9.29. The minimum absolute atomic E-state index is 0.164. The predicted molar refractivity (Wildman–Crippen MR) is 113 cm³/mol. The summed E-state index contributed by atoms with van der Waals surface area (Å²) in [6.45, 7) is 4.19. The zero-order chi connectivity index (χ0) is 20.4. The lowest BCUT2D eigenvalue weighted by atomic mass is 10.1. The molecule has 7 nitrogen and oxygen atoms in total. The van der Waals surface area contributed by atoms with Gasteiger partial charge in [0.25, 0.3) is 0 Å². The Kier molecular flexibility index (Phi) is 5.19.